The number of hydrogen-bond acceptors (Lipinski definition) is 3. The van der Waals surface area contributed by atoms with E-state index in [9.17, 15) is 8.42 Å². The Morgan fingerprint density at radius 2 is 1.90 bits per heavy atom. The topological polar surface area (TPSA) is 37.4 Å². The number of quaternary nitrogens is 1. The number of allylic oxidation sites excluding steroid dienone is 2. The second-order valence-corrected chi connectivity index (χ2v) is 10.2. The number of hydrogen-bond donors (Lipinski definition) is 0. The van der Waals surface area contributed by atoms with E-state index in [4.69, 9.17) is 0 Å². The Morgan fingerprint density at radius 1 is 1.20 bits per heavy atom. The second kappa shape index (κ2) is 3.87. The van der Waals surface area contributed by atoms with Crippen LogP contribution < -0.4 is 0 Å². The normalized spacial score (nSPS) is 48.6. The number of sulfone groups is 1. The summed E-state index contributed by atoms with van der Waals surface area (Å²) in [5.41, 5.74) is 0. The molecule has 4 nitrogen and oxygen atoms in total. The van der Waals surface area contributed by atoms with Gasteiger partial charge >= 0.3 is 0 Å². The minimum absolute atomic E-state index is 0.285. The molecule has 1 spiro atoms. The van der Waals surface area contributed by atoms with Gasteiger partial charge in [0.15, 0.2) is 9.84 Å². The van der Waals surface area contributed by atoms with E-state index in [0.29, 0.717) is 17.6 Å². The lowest BCUT2D eigenvalue weighted by Gasteiger charge is -2.56. The zero-order valence-electron chi connectivity index (χ0n) is 12.5. The first kappa shape index (κ1) is 13.3. The van der Waals surface area contributed by atoms with E-state index < -0.39 is 14.6 Å². The van der Waals surface area contributed by atoms with Gasteiger partial charge < -0.3 is 4.48 Å². The fraction of sp³-hybridized carbons (Fsp3) is 0.867. The molecule has 3 fully saturated rings. The summed E-state index contributed by atoms with van der Waals surface area (Å²) in [5, 5.41) is 0. The Bertz CT molecular complexity index is 558. The van der Waals surface area contributed by atoms with Crippen molar-refractivity contribution in [2.45, 2.75) is 23.6 Å². The van der Waals surface area contributed by atoms with E-state index in [1.165, 1.54) is 0 Å². The summed E-state index contributed by atoms with van der Waals surface area (Å²) >= 11 is 0. The van der Waals surface area contributed by atoms with E-state index in [-0.39, 0.29) is 6.04 Å². The molecule has 2 aliphatic heterocycles. The molecule has 0 radical (unpaired) electrons. The summed E-state index contributed by atoms with van der Waals surface area (Å²) in [5.74, 6) is 1.22. The molecule has 2 aliphatic carbocycles. The van der Waals surface area contributed by atoms with Crippen molar-refractivity contribution in [1.29, 1.82) is 0 Å². The molecule has 0 aromatic rings. The number of nitrogens with zero attached hydrogens (tertiary/aromatic N) is 2. The lowest BCUT2D eigenvalue weighted by molar-refractivity contribution is -0.894. The highest BCUT2D eigenvalue weighted by atomic mass is 32.2. The first-order chi connectivity index (χ1) is 9.34. The average Bonchev–Trinajstić information content (AvgIpc) is 2.98. The van der Waals surface area contributed by atoms with Gasteiger partial charge in [0, 0.05) is 19.1 Å². The van der Waals surface area contributed by atoms with Crippen molar-refractivity contribution in [3.8, 4) is 0 Å². The number of fused-ring (bicyclic) bond motifs is 3. The van der Waals surface area contributed by atoms with Crippen molar-refractivity contribution in [1.82, 2.24) is 4.90 Å². The Labute approximate surface area is 121 Å². The summed E-state index contributed by atoms with van der Waals surface area (Å²) < 4.78 is 25.7. The molecule has 5 heteroatoms. The molecule has 4 aliphatic rings. The molecule has 2 heterocycles. The summed E-state index contributed by atoms with van der Waals surface area (Å²) in [6.45, 7) is 4.37. The van der Waals surface area contributed by atoms with Crippen LogP contribution in [-0.4, -0.2) is 74.6 Å². The smallest absolute Gasteiger partial charge is 0.159 e. The molecular weight excluding hydrogens is 272 g/mol. The Kier molecular flexibility index (Phi) is 2.57. The molecule has 4 atom stereocenters. The molecule has 20 heavy (non-hydrogen) atoms. The minimum Gasteiger partial charge on any atom is -0.326 e. The van der Waals surface area contributed by atoms with Crippen LogP contribution in [0.5, 0.6) is 0 Å². The molecule has 0 N–H and O–H groups in total. The van der Waals surface area contributed by atoms with E-state index in [1.807, 2.05) is 0 Å². The summed E-state index contributed by atoms with van der Waals surface area (Å²) in [6.07, 6.45) is 6.40. The van der Waals surface area contributed by atoms with Gasteiger partial charge in [-0.3, -0.25) is 4.90 Å². The highest BCUT2D eigenvalue weighted by molar-refractivity contribution is 7.94. The van der Waals surface area contributed by atoms with Crippen molar-refractivity contribution >= 4 is 9.84 Å². The Morgan fingerprint density at radius 3 is 2.40 bits per heavy atom. The number of likely N-dealkylation sites (N-methyl/N-ethyl adjacent to an activating group) is 1. The van der Waals surface area contributed by atoms with Gasteiger partial charge in [0.2, 0.25) is 0 Å². The third-order valence-corrected chi connectivity index (χ3v) is 8.98. The van der Waals surface area contributed by atoms with Crippen molar-refractivity contribution in [3.05, 3.63) is 12.2 Å². The van der Waals surface area contributed by atoms with Gasteiger partial charge in [-0.1, -0.05) is 12.2 Å². The van der Waals surface area contributed by atoms with Gasteiger partial charge in [0.1, 0.15) is 0 Å². The van der Waals surface area contributed by atoms with Crippen LogP contribution in [0.15, 0.2) is 12.2 Å². The molecule has 0 aromatic heterocycles. The van der Waals surface area contributed by atoms with E-state index in [2.05, 4.69) is 31.1 Å². The summed E-state index contributed by atoms with van der Waals surface area (Å²) in [6, 6.07) is 0.285. The molecule has 2 saturated heterocycles. The van der Waals surface area contributed by atoms with Gasteiger partial charge in [-0.15, -0.1) is 0 Å². The Hall–Kier alpha value is -0.390. The fourth-order valence-corrected chi connectivity index (χ4v) is 7.64. The Balaban J connectivity index is 1.60. The van der Waals surface area contributed by atoms with Crippen molar-refractivity contribution in [2.24, 2.45) is 11.8 Å². The highest BCUT2D eigenvalue weighted by Gasteiger charge is 2.69. The van der Waals surface area contributed by atoms with Gasteiger partial charge in [-0.25, -0.2) is 8.42 Å². The van der Waals surface area contributed by atoms with E-state index in [1.54, 1.807) is 0 Å². The lowest BCUT2D eigenvalue weighted by atomic mass is 9.84. The predicted molar refractivity (Wildman–Crippen MR) is 79.1 cm³/mol. The molecule has 1 saturated carbocycles. The maximum atomic E-state index is 12.5. The number of rotatable bonds is 1. The van der Waals surface area contributed by atoms with Crippen LogP contribution in [0.2, 0.25) is 0 Å². The molecule has 4 rings (SSSR count). The van der Waals surface area contributed by atoms with Crippen molar-refractivity contribution in [3.63, 3.8) is 0 Å². The van der Waals surface area contributed by atoms with Crippen molar-refractivity contribution < 1.29 is 12.9 Å². The average molecular weight is 297 g/mol. The van der Waals surface area contributed by atoms with Crippen LogP contribution in [0.1, 0.15) is 12.8 Å². The third-order valence-electron chi connectivity index (χ3n) is 6.33. The minimum atomic E-state index is -2.88. The quantitative estimate of drug-likeness (QED) is 0.523. The molecule has 0 amide bonds. The SMILES string of the molecule is C[N+]1(C)CCN([C@H]2CS(=O)(=O)[C@]23C[C@H]2C=C[C@H]3C2)CC1. The molecule has 112 valence electrons. The zero-order chi connectivity index (χ0) is 14.2. The highest BCUT2D eigenvalue weighted by Crippen LogP contribution is 2.58. The third kappa shape index (κ3) is 1.57. The maximum Gasteiger partial charge on any atom is 0.159 e. The molecule has 0 unspecified atom stereocenters. The summed E-state index contributed by atoms with van der Waals surface area (Å²) in [7, 11) is 1.66. The van der Waals surface area contributed by atoms with Crippen LogP contribution in [0.25, 0.3) is 0 Å². The first-order valence-electron chi connectivity index (χ1n) is 7.81. The predicted octanol–water partition coefficient (Wildman–Crippen LogP) is 0.510. The first-order valence-corrected chi connectivity index (χ1v) is 9.46. The van der Waals surface area contributed by atoms with Gasteiger partial charge in [-0.05, 0) is 24.7 Å². The van der Waals surface area contributed by atoms with E-state index in [0.717, 1.165) is 43.5 Å². The van der Waals surface area contributed by atoms with Gasteiger partial charge in [0.25, 0.3) is 0 Å². The van der Waals surface area contributed by atoms with Gasteiger partial charge in [-0.2, -0.15) is 0 Å². The van der Waals surface area contributed by atoms with Crippen LogP contribution in [0, 0.1) is 11.8 Å². The molecule has 0 aromatic carbocycles. The van der Waals surface area contributed by atoms with Crippen LogP contribution >= 0.6 is 0 Å². The second-order valence-electron chi connectivity index (χ2n) is 7.86. The number of piperazine rings is 1. The lowest BCUT2D eigenvalue weighted by Crippen LogP contribution is -2.73. The zero-order valence-corrected chi connectivity index (χ0v) is 13.3. The standard InChI is InChI=1S/C15H25N2O2S/c1-17(2)7-5-16(6-8-17)14-11-20(18,19)15(14)10-12-3-4-13(15)9-12/h3-4,12-14H,5-11H2,1-2H3/q+1/t12-,13-,14-,15-/m0/s1. The largest absolute Gasteiger partial charge is 0.326 e. The monoisotopic (exact) mass is 297 g/mol. The fourth-order valence-electron chi connectivity index (χ4n) is 4.95. The maximum absolute atomic E-state index is 12.5. The van der Waals surface area contributed by atoms with E-state index >= 15 is 0 Å². The van der Waals surface area contributed by atoms with Gasteiger partial charge in [0.05, 0.1) is 37.7 Å². The molecular formula is C15H25N2O2S+. The molecule has 2 bridgehead atoms. The summed E-state index contributed by atoms with van der Waals surface area (Å²) in [4.78, 5) is 2.49. The van der Waals surface area contributed by atoms with Crippen LogP contribution in [0.3, 0.4) is 0 Å². The van der Waals surface area contributed by atoms with Crippen molar-refractivity contribution in [2.75, 3.05) is 46.0 Å². The van der Waals surface area contributed by atoms with Crippen LogP contribution in [0.4, 0.5) is 0 Å². The van der Waals surface area contributed by atoms with Crippen LogP contribution in [-0.2, 0) is 9.84 Å².